The number of aryl methyl sites for hydroxylation is 1. The van der Waals surface area contributed by atoms with Crippen molar-refractivity contribution in [3.8, 4) is 0 Å². The number of nitrogens with two attached hydrogens (primary N) is 1. The van der Waals surface area contributed by atoms with Crippen LogP contribution in [0, 0.1) is 0 Å². The highest BCUT2D eigenvalue weighted by atomic mass is 79.9. The predicted octanol–water partition coefficient (Wildman–Crippen LogP) is 4.12. The van der Waals surface area contributed by atoms with Crippen molar-refractivity contribution in [3.05, 3.63) is 51.8 Å². The second kappa shape index (κ2) is 6.19. The summed E-state index contributed by atoms with van der Waals surface area (Å²) < 4.78 is 40.2. The van der Waals surface area contributed by atoms with Crippen LogP contribution >= 0.6 is 15.9 Å². The second-order valence-corrected chi connectivity index (χ2v) is 5.55. The van der Waals surface area contributed by atoms with Crippen LogP contribution in [0.4, 0.5) is 13.2 Å². The molecule has 3 nitrogen and oxygen atoms in total. The van der Waals surface area contributed by atoms with Crippen LogP contribution in [0.5, 0.6) is 0 Å². The second-order valence-electron chi connectivity index (χ2n) is 4.70. The molecule has 114 valence electrons. The summed E-state index contributed by atoms with van der Waals surface area (Å²) in [6, 6.07) is 4.37. The smallest absolute Gasteiger partial charge is 0.319 e. The number of nitrogens with zero attached hydrogens (tertiary/aromatic N) is 2. The lowest BCUT2D eigenvalue weighted by Gasteiger charge is -2.16. The highest BCUT2D eigenvalue weighted by Crippen LogP contribution is 2.32. The first-order valence-corrected chi connectivity index (χ1v) is 7.27. The van der Waals surface area contributed by atoms with E-state index in [0.717, 1.165) is 28.7 Å². The van der Waals surface area contributed by atoms with Crippen molar-refractivity contribution in [1.82, 2.24) is 9.78 Å². The molecule has 0 aliphatic rings. The number of hydrogen-bond donors (Lipinski definition) is 1. The largest absolute Gasteiger partial charge is 0.416 e. The molecule has 0 spiro atoms. The molecule has 0 bridgehead atoms. The van der Waals surface area contributed by atoms with Crippen LogP contribution in [0.25, 0.3) is 0 Å². The molecular formula is C14H15BrF3N3. The summed E-state index contributed by atoms with van der Waals surface area (Å²) in [7, 11) is 0. The van der Waals surface area contributed by atoms with Gasteiger partial charge in [-0.05, 0) is 40.0 Å². The van der Waals surface area contributed by atoms with Crippen LogP contribution in [0.2, 0.25) is 0 Å². The fraction of sp³-hybridized carbons (Fsp3) is 0.357. The lowest BCUT2D eigenvalue weighted by Crippen LogP contribution is -2.18. The minimum Gasteiger partial charge on any atom is -0.319 e. The van der Waals surface area contributed by atoms with Gasteiger partial charge >= 0.3 is 6.18 Å². The predicted molar refractivity (Wildman–Crippen MR) is 77.7 cm³/mol. The van der Waals surface area contributed by atoms with Crippen LogP contribution in [-0.4, -0.2) is 9.78 Å². The fourth-order valence-electron chi connectivity index (χ4n) is 2.11. The van der Waals surface area contributed by atoms with Gasteiger partial charge in [0, 0.05) is 6.54 Å². The van der Waals surface area contributed by atoms with Gasteiger partial charge in [0.15, 0.2) is 0 Å². The standard InChI is InChI=1S/C14H15BrF3N3/c1-2-7-21-13(11(15)8-20-21)12(19)9-3-5-10(6-4-9)14(16,17)18/h3-6,8,12H,2,7,19H2,1H3. The number of rotatable bonds is 4. The zero-order valence-corrected chi connectivity index (χ0v) is 12.9. The van der Waals surface area contributed by atoms with Crippen LogP contribution in [0.3, 0.4) is 0 Å². The van der Waals surface area contributed by atoms with E-state index in [9.17, 15) is 13.2 Å². The van der Waals surface area contributed by atoms with Gasteiger partial charge < -0.3 is 5.73 Å². The molecule has 1 unspecified atom stereocenters. The molecule has 2 aromatic rings. The zero-order valence-electron chi connectivity index (χ0n) is 11.4. The third kappa shape index (κ3) is 3.47. The molecule has 0 saturated heterocycles. The molecule has 1 heterocycles. The van der Waals surface area contributed by atoms with Gasteiger partial charge in [0.25, 0.3) is 0 Å². The molecular weight excluding hydrogens is 347 g/mol. The Labute approximate surface area is 129 Å². The maximum absolute atomic E-state index is 12.6. The summed E-state index contributed by atoms with van der Waals surface area (Å²) in [6.45, 7) is 2.72. The molecule has 0 radical (unpaired) electrons. The summed E-state index contributed by atoms with van der Waals surface area (Å²) in [6.07, 6.45) is -1.80. The highest BCUT2D eigenvalue weighted by molar-refractivity contribution is 9.10. The summed E-state index contributed by atoms with van der Waals surface area (Å²) >= 11 is 3.39. The lowest BCUT2D eigenvalue weighted by atomic mass is 10.0. The van der Waals surface area contributed by atoms with E-state index in [1.807, 2.05) is 6.92 Å². The number of halogens is 4. The molecule has 0 aliphatic carbocycles. The Kier molecular flexibility index (Phi) is 4.73. The Balaban J connectivity index is 2.32. The average molecular weight is 362 g/mol. The number of benzene rings is 1. The minimum atomic E-state index is -4.34. The lowest BCUT2D eigenvalue weighted by molar-refractivity contribution is -0.137. The first-order valence-electron chi connectivity index (χ1n) is 6.48. The Morgan fingerprint density at radius 3 is 2.43 bits per heavy atom. The van der Waals surface area contributed by atoms with Gasteiger partial charge in [-0.25, -0.2) is 0 Å². The van der Waals surface area contributed by atoms with E-state index in [2.05, 4.69) is 21.0 Å². The number of aromatic nitrogens is 2. The van der Waals surface area contributed by atoms with Crippen molar-refractivity contribution in [2.45, 2.75) is 32.1 Å². The molecule has 2 N–H and O–H groups in total. The zero-order chi connectivity index (χ0) is 15.6. The summed E-state index contributed by atoms with van der Waals surface area (Å²) in [4.78, 5) is 0. The first kappa shape index (κ1) is 16.0. The quantitative estimate of drug-likeness (QED) is 0.889. The van der Waals surface area contributed by atoms with E-state index in [0.29, 0.717) is 12.1 Å². The molecule has 0 aliphatic heterocycles. The SMILES string of the molecule is CCCn1ncc(Br)c1C(N)c1ccc(C(F)(F)F)cc1. The van der Waals surface area contributed by atoms with E-state index in [1.54, 1.807) is 10.9 Å². The van der Waals surface area contributed by atoms with Gasteiger partial charge in [0.1, 0.15) is 0 Å². The van der Waals surface area contributed by atoms with Gasteiger partial charge in [-0.15, -0.1) is 0 Å². The first-order chi connectivity index (χ1) is 9.84. The number of hydrogen-bond acceptors (Lipinski definition) is 2. The Hall–Kier alpha value is -1.34. The third-order valence-electron chi connectivity index (χ3n) is 3.16. The maximum Gasteiger partial charge on any atom is 0.416 e. The fourth-order valence-corrected chi connectivity index (χ4v) is 2.65. The Morgan fingerprint density at radius 2 is 1.90 bits per heavy atom. The molecule has 0 amide bonds. The monoisotopic (exact) mass is 361 g/mol. The van der Waals surface area contributed by atoms with Crippen molar-refractivity contribution >= 4 is 15.9 Å². The van der Waals surface area contributed by atoms with Gasteiger partial charge in [-0.2, -0.15) is 18.3 Å². The van der Waals surface area contributed by atoms with Crippen LogP contribution < -0.4 is 5.73 Å². The summed E-state index contributed by atoms with van der Waals surface area (Å²) in [5.41, 5.74) is 6.87. The van der Waals surface area contributed by atoms with Gasteiger partial charge in [0.05, 0.1) is 28.0 Å². The molecule has 0 fully saturated rings. The normalized spacial score (nSPS) is 13.4. The number of alkyl halides is 3. The van der Waals surface area contributed by atoms with Crippen LogP contribution in [0.15, 0.2) is 34.9 Å². The molecule has 21 heavy (non-hydrogen) atoms. The van der Waals surface area contributed by atoms with Crippen LogP contribution in [-0.2, 0) is 12.7 Å². The van der Waals surface area contributed by atoms with Crippen molar-refractivity contribution in [2.24, 2.45) is 5.73 Å². The molecule has 0 saturated carbocycles. The molecule has 1 atom stereocenters. The Bertz CT molecular complexity index is 605. The van der Waals surface area contributed by atoms with E-state index in [4.69, 9.17) is 5.73 Å². The van der Waals surface area contributed by atoms with E-state index < -0.39 is 17.8 Å². The minimum absolute atomic E-state index is 0.532. The van der Waals surface area contributed by atoms with E-state index >= 15 is 0 Å². The molecule has 2 rings (SSSR count). The molecule has 1 aromatic heterocycles. The van der Waals surface area contributed by atoms with Crippen molar-refractivity contribution < 1.29 is 13.2 Å². The Morgan fingerprint density at radius 1 is 1.29 bits per heavy atom. The molecule has 7 heteroatoms. The van der Waals surface area contributed by atoms with Gasteiger partial charge in [-0.1, -0.05) is 19.1 Å². The van der Waals surface area contributed by atoms with E-state index in [1.165, 1.54) is 12.1 Å². The summed E-state index contributed by atoms with van der Waals surface area (Å²) in [5.74, 6) is 0. The third-order valence-corrected chi connectivity index (χ3v) is 3.77. The summed E-state index contributed by atoms with van der Waals surface area (Å²) in [5, 5.41) is 4.22. The maximum atomic E-state index is 12.6. The van der Waals surface area contributed by atoms with Crippen molar-refractivity contribution in [1.29, 1.82) is 0 Å². The van der Waals surface area contributed by atoms with Gasteiger partial charge in [-0.3, -0.25) is 4.68 Å². The van der Waals surface area contributed by atoms with Crippen molar-refractivity contribution in [2.75, 3.05) is 0 Å². The van der Waals surface area contributed by atoms with E-state index in [-0.39, 0.29) is 0 Å². The van der Waals surface area contributed by atoms with Gasteiger partial charge in [0.2, 0.25) is 0 Å². The highest BCUT2D eigenvalue weighted by Gasteiger charge is 2.30. The molecule has 1 aromatic carbocycles. The average Bonchev–Trinajstić information content (AvgIpc) is 2.79. The van der Waals surface area contributed by atoms with Crippen LogP contribution in [0.1, 0.15) is 36.2 Å². The van der Waals surface area contributed by atoms with Crippen molar-refractivity contribution in [3.63, 3.8) is 0 Å². The topological polar surface area (TPSA) is 43.8 Å².